The zero-order valence-electron chi connectivity index (χ0n) is 10.2. The van der Waals surface area contributed by atoms with Crippen LogP contribution in [-0.2, 0) is 4.79 Å². The van der Waals surface area contributed by atoms with Crippen LogP contribution < -0.4 is 15.4 Å². The van der Waals surface area contributed by atoms with Crippen LogP contribution in [0.15, 0.2) is 24.3 Å². The van der Waals surface area contributed by atoms with Crippen LogP contribution in [0.3, 0.4) is 0 Å². The normalized spacial score (nSPS) is 17.6. The van der Waals surface area contributed by atoms with E-state index >= 15 is 0 Å². The van der Waals surface area contributed by atoms with E-state index in [-0.39, 0.29) is 31.0 Å². The topological polar surface area (TPSA) is 50.4 Å². The Hall–Kier alpha value is -0.980. The summed E-state index contributed by atoms with van der Waals surface area (Å²) in [6.45, 7) is -0.502. The molecule has 1 aromatic rings. The molecule has 106 valence electrons. The van der Waals surface area contributed by atoms with Crippen molar-refractivity contribution in [2.24, 2.45) is 0 Å². The number of amides is 1. The van der Waals surface area contributed by atoms with Crippen molar-refractivity contribution < 1.29 is 13.9 Å². The standard InChI is InChI=1S/C12H15FN2O2S.ClH/c13-4-5-17-10-3-1-2-9(6-10)15-12(16)11-7-18-8-14-11;/h1-3,6,11,14H,4-5,7-8H2,(H,15,16);1H. The second kappa shape index (κ2) is 8.24. The molecule has 19 heavy (non-hydrogen) atoms. The molecule has 0 spiro atoms. The molecule has 2 rings (SSSR count). The van der Waals surface area contributed by atoms with E-state index in [1.165, 1.54) is 0 Å². The molecule has 0 bridgehead atoms. The van der Waals surface area contributed by atoms with Crippen LogP contribution in [0.25, 0.3) is 0 Å². The largest absolute Gasteiger partial charge is 0.491 e. The van der Waals surface area contributed by atoms with E-state index in [9.17, 15) is 9.18 Å². The average Bonchev–Trinajstić information content (AvgIpc) is 2.91. The molecule has 1 saturated heterocycles. The molecule has 1 fully saturated rings. The van der Waals surface area contributed by atoms with E-state index in [0.717, 1.165) is 11.6 Å². The van der Waals surface area contributed by atoms with Gasteiger partial charge in [-0.05, 0) is 12.1 Å². The Balaban J connectivity index is 0.00000180. The molecule has 1 atom stereocenters. The number of halogens is 2. The molecule has 1 aromatic carbocycles. The quantitative estimate of drug-likeness (QED) is 0.874. The highest BCUT2D eigenvalue weighted by Gasteiger charge is 2.22. The Kier molecular flexibility index (Phi) is 6.97. The lowest BCUT2D eigenvalue weighted by atomic mass is 10.2. The predicted octanol–water partition coefficient (Wildman–Crippen LogP) is 2.06. The van der Waals surface area contributed by atoms with Gasteiger partial charge in [0.25, 0.3) is 0 Å². The van der Waals surface area contributed by atoms with Crippen LogP contribution in [0.2, 0.25) is 0 Å². The van der Waals surface area contributed by atoms with Gasteiger partial charge in [0.2, 0.25) is 5.91 Å². The first-order valence-corrected chi connectivity index (χ1v) is 6.86. The molecule has 0 aliphatic carbocycles. The summed E-state index contributed by atoms with van der Waals surface area (Å²) in [5.74, 6) is 2.09. The van der Waals surface area contributed by atoms with E-state index in [4.69, 9.17) is 4.74 Å². The number of alkyl halides is 1. The summed E-state index contributed by atoms with van der Waals surface area (Å²) >= 11 is 1.70. The van der Waals surface area contributed by atoms with Gasteiger partial charge < -0.3 is 10.1 Å². The second-order valence-electron chi connectivity index (χ2n) is 3.83. The lowest BCUT2D eigenvalue weighted by Gasteiger charge is -2.11. The molecule has 1 unspecified atom stereocenters. The Morgan fingerprint density at radius 3 is 3.11 bits per heavy atom. The molecule has 1 amide bonds. The average molecular weight is 307 g/mol. The number of benzene rings is 1. The first-order chi connectivity index (χ1) is 8.79. The van der Waals surface area contributed by atoms with Gasteiger partial charge in [-0.1, -0.05) is 6.07 Å². The molecule has 4 nitrogen and oxygen atoms in total. The molecule has 7 heteroatoms. The van der Waals surface area contributed by atoms with Crippen molar-refractivity contribution in [3.8, 4) is 5.75 Å². The SMILES string of the molecule is Cl.O=C(Nc1cccc(OCCF)c1)C1CSCN1. The van der Waals surface area contributed by atoms with E-state index in [2.05, 4.69) is 10.6 Å². The van der Waals surface area contributed by atoms with Gasteiger partial charge in [-0.25, -0.2) is 4.39 Å². The van der Waals surface area contributed by atoms with Gasteiger partial charge in [0.15, 0.2) is 0 Å². The van der Waals surface area contributed by atoms with Crippen LogP contribution >= 0.6 is 24.2 Å². The summed E-state index contributed by atoms with van der Waals surface area (Å²) in [7, 11) is 0. The van der Waals surface area contributed by atoms with Gasteiger partial charge in [-0.3, -0.25) is 10.1 Å². The number of carbonyl (C=O) groups excluding carboxylic acids is 1. The van der Waals surface area contributed by atoms with Crippen LogP contribution in [0.1, 0.15) is 0 Å². The van der Waals surface area contributed by atoms with E-state index in [1.807, 2.05) is 0 Å². The molecule has 0 aromatic heterocycles. The predicted molar refractivity (Wildman–Crippen MR) is 78.0 cm³/mol. The van der Waals surface area contributed by atoms with E-state index in [0.29, 0.717) is 11.4 Å². The van der Waals surface area contributed by atoms with Crippen molar-refractivity contribution in [2.45, 2.75) is 6.04 Å². The van der Waals surface area contributed by atoms with Crippen LogP contribution in [0.4, 0.5) is 10.1 Å². The number of thioether (sulfide) groups is 1. The van der Waals surface area contributed by atoms with Gasteiger partial charge in [-0.15, -0.1) is 24.2 Å². The number of hydrogen-bond acceptors (Lipinski definition) is 4. The van der Waals surface area contributed by atoms with Crippen molar-refractivity contribution in [3.05, 3.63) is 24.3 Å². The zero-order valence-corrected chi connectivity index (χ0v) is 11.9. The fourth-order valence-electron chi connectivity index (χ4n) is 1.61. The van der Waals surface area contributed by atoms with E-state index in [1.54, 1.807) is 36.0 Å². The summed E-state index contributed by atoms with van der Waals surface area (Å²) < 4.78 is 17.1. The molecule has 2 N–H and O–H groups in total. The summed E-state index contributed by atoms with van der Waals surface area (Å²) in [5, 5.41) is 5.91. The summed E-state index contributed by atoms with van der Waals surface area (Å²) in [4.78, 5) is 11.9. The number of carbonyl (C=O) groups is 1. The van der Waals surface area contributed by atoms with Crippen molar-refractivity contribution >= 4 is 35.8 Å². The van der Waals surface area contributed by atoms with Crippen molar-refractivity contribution in [1.29, 1.82) is 0 Å². The number of anilines is 1. The number of hydrogen-bond donors (Lipinski definition) is 2. The highest BCUT2D eigenvalue weighted by Crippen LogP contribution is 2.18. The van der Waals surface area contributed by atoms with Gasteiger partial charge in [-0.2, -0.15) is 0 Å². The summed E-state index contributed by atoms with van der Waals surface area (Å²) in [5.41, 5.74) is 0.662. The van der Waals surface area contributed by atoms with Gasteiger partial charge in [0, 0.05) is 23.4 Å². The van der Waals surface area contributed by atoms with Crippen LogP contribution in [0, 0.1) is 0 Å². The summed E-state index contributed by atoms with van der Waals surface area (Å²) in [6.07, 6.45) is 0. The van der Waals surface area contributed by atoms with Crippen LogP contribution in [0.5, 0.6) is 5.75 Å². The Morgan fingerprint density at radius 1 is 1.58 bits per heavy atom. The third-order valence-electron chi connectivity index (χ3n) is 2.48. The number of ether oxygens (including phenoxy) is 1. The smallest absolute Gasteiger partial charge is 0.242 e. The minimum atomic E-state index is -0.528. The molecular formula is C12H16ClFN2O2S. The highest BCUT2D eigenvalue weighted by atomic mass is 35.5. The van der Waals surface area contributed by atoms with Gasteiger partial charge in [0.05, 0.1) is 6.04 Å². The van der Waals surface area contributed by atoms with Gasteiger partial charge >= 0.3 is 0 Å². The molecular weight excluding hydrogens is 291 g/mol. The monoisotopic (exact) mass is 306 g/mol. The fourth-order valence-corrected chi connectivity index (χ4v) is 2.55. The molecule has 1 heterocycles. The van der Waals surface area contributed by atoms with Gasteiger partial charge in [0.1, 0.15) is 19.0 Å². The third kappa shape index (κ3) is 4.89. The fraction of sp³-hybridized carbons (Fsp3) is 0.417. The highest BCUT2D eigenvalue weighted by molar-refractivity contribution is 7.99. The second-order valence-corrected chi connectivity index (χ2v) is 4.86. The minimum absolute atomic E-state index is 0. The number of rotatable bonds is 5. The number of nitrogens with one attached hydrogen (secondary N) is 2. The third-order valence-corrected chi connectivity index (χ3v) is 3.42. The van der Waals surface area contributed by atoms with Crippen molar-refractivity contribution in [1.82, 2.24) is 5.32 Å². The maximum absolute atomic E-state index is 12.0. The van der Waals surface area contributed by atoms with Crippen LogP contribution in [-0.4, -0.2) is 36.9 Å². The lowest BCUT2D eigenvalue weighted by Crippen LogP contribution is -2.37. The summed E-state index contributed by atoms with van der Waals surface area (Å²) in [6, 6.07) is 6.82. The zero-order chi connectivity index (χ0) is 12.8. The van der Waals surface area contributed by atoms with Crippen molar-refractivity contribution in [3.63, 3.8) is 0 Å². The Labute approximate surface area is 121 Å². The lowest BCUT2D eigenvalue weighted by molar-refractivity contribution is -0.117. The molecule has 1 aliphatic rings. The van der Waals surface area contributed by atoms with E-state index < -0.39 is 6.67 Å². The maximum Gasteiger partial charge on any atom is 0.242 e. The first kappa shape index (κ1) is 16.1. The Bertz CT molecular complexity index is 416. The molecule has 0 saturated carbocycles. The molecule has 1 aliphatic heterocycles. The molecule has 0 radical (unpaired) electrons. The minimum Gasteiger partial charge on any atom is -0.491 e. The maximum atomic E-state index is 12.0. The Morgan fingerprint density at radius 2 is 2.42 bits per heavy atom. The van der Waals surface area contributed by atoms with Crippen molar-refractivity contribution in [2.75, 3.05) is 30.2 Å². The first-order valence-electron chi connectivity index (χ1n) is 5.70.